The number of amides is 1. The van der Waals surface area contributed by atoms with E-state index in [1.165, 1.54) is 5.56 Å². The lowest BCUT2D eigenvalue weighted by atomic mass is 9.71. The predicted octanol–water partition coefficient (Wildman–Crippen LogP) is 6.16. The van der Waals surface area contributed by atoms with Crippen LogP contribution in [0.2, 0.25) is 0 Å². The van der Waals surface area contributed by atoms with Gasteiger partial charge in [-0.1, -0.05) is 67.9 Å². The monoisotopic (exact) mass is 582 g/mol. The van der Waals surface area contributed by atoms with Crippen LogP contribution in [0, 0.1) is 12.8 Å². The molecule has 1 heterocycles. The second-order valence-electron chi connectivity index (χ2n) is 12.4. The number of hydrogen-bond donors (Lipinski definition) is 1. The highest BCUT2D eigenvalue weighted by Gasteiger charge is 2.46. The number of benzene rings is 3. The van der Waals surface area contributed by atoms with E-state index in [9.17, 15) is 13.2 Å². The van der Waals surface area contributed by atoms with Crippen LogP contribution in [0.1, 0.15) is 73.1 Å². The van der Waals surface area contributed by atoms with Crippen LogP contribution in [-0.2, 0) is 33.8 Å². The number of carbonyl (C=O) groups excluding carboxylic acids is 1. The third kappa shape index (κ3) is 5.53. The van der Waals surface area contributed by atoms with Gasteiger partial charge in [-0.05, 0) is 78.5 Å². The summed E-state index contributed by atoms with van der Waals surface area (Å²) in [7, 11) is -1.81. The Balaban J connectivity index is 1.36. The number of sulfonamides is 1. The Morgan fingerprint density at radius 2 is 1.81 bits per heavy atom. The molecule has 1 fully saturated rings. The highest BCUT2D eigenvalue weighted by atomic mass is 32.2. The van der Waals surface area contributed by atoms with E-state index in [4.69, 9.17) is 0 Å². The molecule has 1 saturated carbocycles. The van der Waals surface area contributed by atoms with Crippen LogP contribution in [0.3, 0.4) is 0 Å². The molecule has 3 aromatic carbocycles. The molecule has 0 spiro atoms. The summed E-state index contributed by atoms with van der Waals surface area (Å²) in [5, 5.41) is 0. The summed E-state index contributed by atoms with van der Waals surface area (Å²) in [4.78, 5) is 20.7. The van der Waals surface area contributed by atoms with Gasteiger partial charge in [-0.15, -0.1) is 0 Å². The lowest BCUT2D eigenvalue weighted by molar-refractivity contribution is -0.120. The van der Waals surface area contributed by atoms with Crippen LogP contribution in [0.15, 0.2) is 90.1 Å². The van der Waals surface area contributed by atoms with Gasteiger partial charge >= 0.3 is 0 Å². The van der Waals surface area contributed by atoms with E-state index in [-0.39, 0.29) is 28.1 Å². The van der Waals surface area contributed by atoms with Crippen molar-refractivity contribution in [1.29, 1.82) is 0 Å². The van der Waals surface area contributed by atoms with Crippen molar-refractivity contribution in [1.82, 2.24) is 14.3 Å². The molecule has 2 aliphatic carbocycles. The number of rotatable bonds is 8. The molecule has 3 atom stereocenters. The van der Waals surface area contributed by atoms with E-state index in [0.29, 0.717) is 13.0 Å². The average molecular weight is 583 g/mol. The molecule has 1 amide bonds. The highest BCUT2D eigenvalue weighted by molar-refractivity contribution is 7.89. The van der Waals surface area contributed by atoms with E-state index in [2.05, 4.69) is 41.8 Å². The van der Waals surface area contributed by atoms with Crippen molar-refractivity contribution in [3.63, 3.8) is 0 Å². The molecule has 0 aliphatic heterocycles. The topological polar surface area (TPSA) is 84.3 Å². The van der Waals surface area contributed by atoms with E-state index in [0.717, 1.165) is 41.0 Å². The van der Waals surface area contributed by atoms with E-state index in [1.807, 2.05) is 72.1 Å². The first-order chi connectivity index (χ1) is 20.0. The maximum atomic E-state index is 14.1. The molecule has 6 rings (SSSR count). The Kier molecular flexibility index (Phi) is 7.31. The first-order valence-electron chi connectivity index (χ1n) is 14.6. The number of nitrogens with zero attached hydrogens (tertiary/aromatic N) is 3. The Morgan fingerprint density at radius 1 is 1.07 bits per heavy atom. The molecule has 0 saturated heterocycles. The molecule has 2 aliphatic rings. The van der Waals surface area contributed by atoms with Gasteiger partial charge < -0.3 is 9.47 Å². The van der Waals surface area contributed by atoms with Crippen LogP contribution in [-0.4, -0.2) is 23.9 Å². The van der Waals surface area contributed by atoms with Gasteiger partial charge in [-0.3, -0.25) is 4.79 Å². The minimum atomic E-state index is -3.74. The zero-order valence-electron chi connectivity index (χ0n) is 24.6. The van der Waals surface area contributed by atoms with Crippen molar-refractivity contribution in [3.8, 4) is 0 Å². The van der Waals surface area contributed by atoms with Gasteiger partial charge in [0.05, 0.1) is 11.4 Å². The van der Waals surface area contributed by atoms with Crippen molar-refractivity contribution >= 4 is 21.6 Å². The Labute approximate surface area is 248 Å². The number of imidazole rings is 1. The first-order valence-corrected chi connectivity index (χ1v) is 16.1. The largest absolute Gasteiger partial charge is 0.337 e. The second kappa shape index (κ2) is 10.8. The number of nitrogens with one attached hydrogen (secondary N) is 1. The van der Waals surface area contributed by atoms with Gasteiger partial charge in [-0.2, -0.15) is 0 Å². The lowest BCUT2D eigenvalue weighted by Gasteiger charge is -2.38. The summed E-state index contributed by atoms with van der Waals surface area (Å²) in [6, 6.07) is 22.8. The van der Waals surface area contributed by atoms with Crippen LogP contribution in [0.5, 0.6) is 0 Å². The molecule has 8 heteroatoms. The van der Waals surface area contributed by atoms with Gasteiger partial charge in [0.15, 0.2) is 0 Å². The molecule has 0 bridgehead atoms. The van der Waals surface area contributed by atoms with E-state index >= 15 is 0 Å². The fraction of sp³-hybridized carbons (Fsp3) is 0.353. The average Bonchev–Trinajstić information content (AvgIpc) is 3.68. The number of anilines is 1. The second-order valence-corrected chi connectivity index (χ2v) is 14.1. The minimum Gasteiger partial charge on any atom is -0.337 e. The standard InChI is InChI=1S/C34H38N4O3S/c1-23-10-13-26(14-11-23)42(40,41)36-31-16-17-34(2,3)30-15-12-25(20-29(30)31)38(22-32-35-18-19-37(32)4)33(39)28-21-27(28)24-8-6-5-7-9-24/h5-15,18-20,27-28,31,36H,16-17,21-22H2,1-4H3/t27-,28+,31-/m0/s1. The Morgan fingerprint density at radius 3 is 2.50 bits per heavy atom. The third-order valence-corrected chi connectivity index (χ3v) is 10.4. The summed E-state index contributed by atoms with van der Waals surface area (Å²) >= 11 is 0. The quantitative estimate of drug-likeness (QED) is 0.270. The Hall–Kier alpha value is -3.75. The summed E-state index contributed by atoms with van der Waals surface area (Å²) in [6.45, 7) is 6.66. The normalized spacial score (nSPS) is 21.0. The first kappa shape index (κ1) is 28.4. The van der Waals surface area contributed by atoms with Crippen molar-refractivity contribution in [3.05, 3.63) is 113 Å². The zero-order valence-corrected chi connectivity index (χ0v) is 25.4. The van der Waals surface area contributed by atoms with Crippen LogP contribution < -0.4 is 9.62 Å². The van der Waals surface area contributed by atoms with Crippen molar-refractivity contribution < 1.29 is 13.2 Å². The SMILES string of the molecule is Cc1ccc(S(=O)(=O)N[C@H]2CCC(C)(C)c3ccc(N(Cc4nccn4C)C(=O)[C@@H]4C[C@H]4c4ccccc4)cc32)cc1. The van der Waals surface area contributed by atoms with Gasteiger partial charge in [0.2, 0.25) is 15.9 Å². The summed E-state index contributed by atoms with van der Waals surface area (Å²) < 4.78 is 31.8. The molecular formula is C34H38N4O3S. The fourth-order valence-corrected chi connectivity index (χ4v) is 7.49. The zero-order chi connectivity index (χ0) is 29.6. The number of carbonyl (C=O) groups is 1. The highest BCUT2D eigenvalue weighted by Crippen LogP contribution is 2.49. The summed E-state index contributed by atoms with van der Waals surface area (Å²) in [5.41, 5.74) is 4.86. The van der Waals surface area contributed by atoms with Crippen molar-refractivity contribution in [2.45, 2.75) is 68.8 Å². The predicted molar refractivity (Wildman–Crippen MR) is 165 cm³/mol. The lowest BCUT2D eigenvalue weighted by Crippen LogP contribution is -2.37. The van der Waals surface area contributed by atoms with Gasteiger partial charge in [-0.25, -0.2) is 18.1 Å². The molecule has 42 heavy (non-hydrogen) atoms. The number of hydrogen-bond acceptors (Lipinski definition) is 4. The molecule has 4 aromatic rings. The van der Waals surface area contributed by atoms with Crippen molar-refractivity contribution in [2.75, 3.05) is 4.90 Å². The van der Waals surface area contributed by atoms with Crippen LogP contribution in [0.25, 0.3) is 0 Å². The van der Waals surface area contributed by atoms with Crippen LogP contribution in [0.4, 0.5) is 5.69 Å². The Bertz CT molecular complexity index is 1710. The summed E-state index contributed by atoms with van der Waals surface area (Å²) in [5.74, 6) is 0.956. The summed E-state index contributed by atoms with van der Waals surface area (Å²) in [6.07, 6.45) is 5.95. The molecular weight excluding hydrogens is 544 g/mol. The third-order valence-electron chi connectivity index (χ3n) is 8.96. The van der Waals surface area contributed by atoms with Gasteiger partial charge in [0.25, 0.3) is 0 Å². The fourth-order valence-electron chi connectivity index (χ4n) is 6.24. The number of aryl methyl sites for hydroxylation is 2. The van der Waals surface area contributed by atoms with E-state index in [1.54, 1.807) is 18.3 Å². The number of aromatic nitrogens is 2. The smallest absolute Gasteiger partial charge is 0.241 e. The molecule has 7 nitrogen and oxygen atoms in total. The van der Waals surface area contributed by atoms with Gasteiger partial charge in [0, 0.05) is 37.1 Å². The van der Waals surface area contributed by atoms with Gasteiger partial charge in [0.1, 0.15) is 5.82 Å². The molecule has 218 valence electrons. The molecule has 0 unspecified atom stereocenters. The van der Waals surface area contributed by atoms with E-state index < -0.39 is 16.1 Å². The molecule has 1 aromatic heterocycles. The maximum absolute atomic E-state index is 14.1. The van der Waals surface area contributed by atoms with Crippen LogP contribution >= 0.6 is 0 Å². The molecule has 0 radical (unpaired) electrons. The van der Waals surface area contributed by atoms with Crippen molar-refractivity contribution in [2.24, 2.45) is 13.0 Å². The minimum absolute atomic E-state index is 0.0682. The number of fused-ring (bicyclic) bond motifs is 1. The maximum Gasteiger partial charge on any atom is 0.241 e. The molecule has 1 N–H and O–H groups in total.